The number of hydrogen-bond acceptors (Lipinski definition) is 3. The molecule has 1 saturated heterocycles. The lowest BCUT2D eigenvalue weighted by molar-refractivity contribution is 0.494. The van der Waals surface area contributed by atoms with Gasteiger partial charge in [0.1, 0.15) is 0 Å². The average Bonchev–Trinajstić information content (AvgIpc) is 3.15. The number of rotatable bonds is 2. The fourth-order valence-corrected chi connectivity index (χ4v) is 3.17. The lowest BCUT2D eigenvalue weighted by Crippen LogP contribution is -2.21. The number of hydrogen-bond donors (Lipinski definition) is 0. The van der Waals surface area contributed by atoms with E-state index in [-0.39, 0.29) is 0 Å². The van der Waals surface area contributed by atoms with Crippen LogP contribution >= 0.6 is 0 Å². The van der Waals surface area contributed by atoms with E-state index < -0.39 is 0 Å². The van der Waals surface area contributed by atoms with Crippen LogP contribution in [-0.2, 0) is 0 Å². The molecule has 3 aromatic rings. The predicted molar refractivity (Wildman–Crippen MR) is 84.6 cm³/mol. The molecule has 106 valence electrons. The lowest BCUT2D eigenvalue weighted by Gasteiger charge is -2.20. The molecule has 1 aromatic carbocycles. The number of nitrogens with zero attached hydrogens (tertiary/aromatic N) is 4. The Morgan fingerprint density at radius 1 is 1.19 bits per heavy atom. The monoisotopic (exact) mass is 278 g/mol. The van der Waals surface area contributed by atoms with Gasteiger partial charge in [0.2, 0.25) is 0 Å². The van der Waals surface area contributed by atoms with Crippen molar-refractivity contribution in [3.63, 3.8) is 0 Å². The summed E-state index contributed by atoms with van der Waals surface area (Å²) in [5.74, 6) is 0. The van der Waals surface area contributed by atoms with Crippen molar-refractivity contribution in [3.8, 4) is 0 Å². The minimum Gasteiger partial charge on any atom is -0.369 e. The molecule has 21 heavy (non-hydrogen) atoms. The van der Waals surface area contributed by atoms with Gasteiger partial charge in [0.05, 0.1) is 17.8 Å². The highest BCUT2D eigenvalue weighted by atomic mass is 15.3. The molecule has 0 aliphatic carbocycles. The van der Waals surface area contributed by atoms with Crippen LogP contribution in [0.2, 0.25) is 0 Å². The Labute approximate surface area is 124 Å². The first-order chi connectivity index (χ1) is 10.3. The molecule has 1 atom stereocenters. The Morgan fingerprint density at radius 3 is 2.95 bits per heavy atom. The molecule has 4 heteroatoms. The molecule has 0 amide bonds. The van der Waals surface area contributed by atoms with Crippen molar-refractivity contribution in [2.75, 3.05) is 18.0 Å². The summed E-state index contributed by atoms with van der Waals surface area (Å²) in [5, 5.41) is 5.70. The van der Waals surface area contributed by atoms with Crippen molar-refractivity contribution in [1.29, 1.82) is 0 Å². The van der Waals surface area contributed by atoms with Gasteiger partial charge >= 0.3 is 0 Å². The van der Waals surface area contributed by atoms with Gasteiger partial charge in [-0.1, -0.05) is 18.2 Å². The summed E-state index contributed by atoms with van der Waals surface area (Å²) in [6.07, 6.45) is 7.12. The Bertz CT molecular complexity index is 772. The SMILES string of the molecule is Cc1cnn(C2CCN(c3ccnc4ccccc34)C2)c1. The van der Waals surface area contributed by atoms with Crippen LogP contribution in [0.5, 0.6) is 0 Å². The summed E-state index contributed by atoms with van der Waals surface area (Å²) < 4.78 is 2.11. The maximum atomic E-state index is 4.47. The molecule has 1 unspecified atom stereocenters. The van der Waals surface area contributed by atoms with E-state index in [4.69, 9.17) is 0 Å². The third-order valence-electron chi connectivity index (χ3n) is 4.23. The maximum absolute atomic E-state index is 4.47. The second kappa shape index (κ2) is 4.88. The lowest BCUT2D eigenvalue weighted by atomic mass is 10.2. The van der Waals surface area contributed by atoms with Crippen molar-refractivity contribution in [3.05, 3.63) is 54.5 Å². The van der Waals surface area contributed by atoms with Crippen LogP contribution in [0.15, 0.2) is 48.9 Å². The number of pyridine rings is 1. The quantitative estimate of drug-likeness (QED) is 0.722. The van der Waals surface area contributed by atoms with Crippen LogP contribution in [0.25, 0.3) is 10.9 Å². The fourth-order valence-electron chi connectivity index (χ4n) is 3.17. The van der Waals surface area contributed by atoms with Gasteiger partial charge in [0.25, 0.3) is 0 Å². The van der Waals surface area contributed by atoms with Crippen molar-refractivity contribution >= 4 is 16.6 Å². The van der Waals surface area contributed by atoms with E-state index in [1.54, 1.807) is 0 Å². The van der Waals surface area contributed by atoms with Crippen LogP contribution < -0.4 is 4.90 Å². The molecule has 0 N–H and O–H groups in total. The van der Waals surface area contributed by atoms with Gasteiger partial charge in [0.15, 0.2) is 0 Å². The summed E-state index contributed by atoms with van der Waals surface area (Å²) in [7, 11) is 0. The Hall–Kier alpha value is -2.36. The maximum Gasteiger partial charge on any atom is 0.0722 e. The number of aromatic nitrogens is 3. The zero-order valence-electron chi connectivity index (χ0n) is 12.1. The summed E-state index contributed by atoms with van der Waals surface area (Å²) in [4.78, 5) is 6.90. The molecule has 0 spiro atoms. The summed E-state index contributed by atoms with van der Waals surface area (Å²) in [6.45, 7) is 4.17. The van der Waals surface area contributed by atoms with Gasteiger partial charge in [-0.2, -0.15) is 5.10 Å². The second-order valence-corrected chi connectivity index (χ2v) is 5.73. The third-order valence-corrected chi connectivity index (χ3v) is 4.23. The smallest absolute Gasteiger partial charge is 0.0722 e. The Kier molecular flexibility index (Phi) is 2.88. The van der Waals surface area contributed by atoms with E-state index in [9.17, 15) is 0 Å². The predicted octanol–water partition coefficient (Wildman–Crippen LogP) is 3.19. The van der Waals surface area contributed by atoms with Gasteiger partial charge in [-0.3, -0.25) is 9.67 Å². The number of para-hydroxylation sites is 1. The summed E-state index contributed by atoms with van der Waals surface area (Å²) in [5.41, 5.74) is 3.57. The molecular weight excluding hydrogens is 260 g/mol. The zero-order valence-corrected chi connectivity index (χ0v) is 12.1. The highest BCUT2D eigenvalue weighted by Crippen LogP contribution is 2.31. The Morgan fingerprint density at radius 2 is 2.10 bits per heavy atom. The summed E-state index contributed by atoms with van der Waals surface area (Å²) in [6, 6.07) is 10.9. The minimum absolute atomic E-state index is 0.464. The molecule has 2 aromatic heterocycles. The third kappa shape index (κ3) is 2.17. The van der Waals surface area contributed by atoms with Gasteiger partial charge in [-0.05, 0) is 31.0 Å². The van der Waals surface area contributed by atoms with Crippen LogP contribution in [0.1, 0.15) is 18.0 Å². The van der Waals surface area contributed by atoms with Crippen LogP contribution in [0, 0.1) is 6.92 Å². The average molecular weight is 278 g/mol. The first kappa shape index (κ1) is 12.4. The van der Waals surface area contributed by atoms with Gasteiger partial charge in [-0.15, -0.1) is 0 Å². The van der Waals surface area contributed by atoms with Crippen molar-refractivity contribution in [2.45, 2.75) is 19.4 Å². The van der Waals surface area contributed by atoms with E-state index in [0.29, 0.717) is 6.04 Å². The van der Waals surface area contributed by atoms with E-state index >= 15 is 0 Å². The number of aryl methyl sites for hydroxylation is 1. The largest absolute Gasteiger partial charge is 0.369 e. The second-order valence-electron chi connectivity index (χ2n) is 5.73. The number of fused-ring (bicyclic) bond motifs is 1. The van der Waals surface area contributed by atoms with Crippen molar-refractivity contribution in [1.82, 2.24) is 14.8 Å². The van der Waals surface area contributed by atoms with E-state index in [2.05, 4.69) is 57.1 Å². The molecule has 1 fully saturated rings. The molecular formula is C17H18N4. The van der Waals surface area contributed by atoms with Gasteiger partial charge < -0.3 is 4.90 Å². The fraction of sp³-hybridized carbons (Fsp3) is 0.294. The highest BCUT2D eigenvalue weighted by Gasteiger charge is 2.25. The highest BCUT2D eigenvalue weighted by molar-refractivity contribution is 5.91. The molecule has 4 nitrogen and oxygen atoms in total. The zero-order chi connectivity index (χ0) is 14.2. The summed E-state index contributed by atoms with van der Waals surface area (Å²) >= 11 is 0. The van der Waals surface area contributed by atoms with Crippen LogP contribution in [-0.4, -0.2) is 27.9 Å². The Balaban J connectivity index is 1.65. The molecule has 1 aliphatic heterocycles. The topological polar surface area (TPSA) is 34.0 Å². The minimum atomic E-state index is 0.464. The normalized spacial score (nSPS) is 18.5. The van der Waals surface area contributed by atoms with E-state index in [0.717, 1.165) is 25.0 Å². The van der Waals surface area contributed by atoms with Crippen LogP contribution in [0.3, 0.4) is 0 Å². The molecule has 3 heterocycles. The van der Waals surface area contributed by atoms with E-state index in [1.807, 2.05) is 18.5 Å². The molecule has 0 radical (unpaired) electrons. The van der Waals surface area contributed by atoms with Gasteiger partial charge in [0, 0.05) is 36.6 Å². The standard InChI is InChI=1S/C17H18N4/c1-13-10-19-21(11-13)14-7-9-20(12-14)17-6-8-18-16-5-3-2-4-15(16)17/h2-6,8,10-11,14H,7,9,12H2,1H3. The van der Waals surface area contributed by atoms with E-state index in [1.165, 1.54) is 16.6 Å². The molecule has 0 saturated carbocycles. The molecule has 4 rings (SSSR count). The molecule has 1 aliphatic rings. The number of benzene rings is 1. The molecule has 0 bridgehead atoms. The number of anilines is 1. The van der Waals surface area contributed by atoms with Crippen molar-refractivity contribution in [2.24, 2.45) is 0 Å². The first-order valence-electron chi connectivity index (χ1n) is 7.41. The van der Waals surface area contributed by atoms with Crippen LogP contribution in [0.4, 0.5) is 5.69 Å². The van der Waals surface area contributed by atoms with Crippen molar-refractivity contribution < 1.29 is 0 Å². The first-order valence-corrected chi connectivity index (χ1v) is 7.41. The van der Waals surface area contributed by atoms with Gasteiger partial charge in [-0.25, -0.2) is 0 Å².